The van der Waals surface area contributed by atoms with Crippen LogP contribution < -0.4 is 5.32 Å². The van der Waals surface area contributed by atoms with Gasteiger partial charge in [-0.1, -0.05) is 18.5 Å². The van der Waals surface area contributed by atoms with Gasteiger partial charge < -0.3 is 5.32 Å². The largest absolute Gasteiger partial charge is 0.308 e. The average Bonchev–Trinajstić information content (AvgIpc) is 2.72. The van der Waals surface area contributed by atoms with Crippen LogP contribution in [0.4, 0.5) is 0 Å². The second-order valence-corrected chi connectivity index (χ2v) is 5.41. The van der Waals surface area contributed by atoms with Gasteiger partial charge in [0.1, 0.15) is 0 Å². The van der Waals surface area contributed by atoms with Crippen molar-refractivity contribution in [2.45, 2.75) is 39.8 Å². The molecule has 1 N–H and O–H groups in total. The zero-order valence-electron chi connectivity index (χ0n) is 12.4. The van der Waals surface area contributed by atoms with E-state index in [2.05, 4.69) is 34.5 Å². The molecule has 0 fully saturated rings. The molecule has 0 aliphatic carbocycles. The first kappa shape index (κ1) is 15.0. The summed E-state index contributed by atoms with van der Waals surface area (Å²) < 4.78 is 1.98. The zero-order valence-corrected chi connectivity index (χ0v) is 13.2. The van der Waals surface area contributed by atoms with Gasteiger partial charge in [0.2, 0.25) is 0 Å². The third-order valence-corrected chi connectivity index (χ3v) is 3.56. The zero-order chi connectivity index (χ0) is 14.7. The number of rotatable bonds is 5. The van der Waals surface area contributed by atoms with E-state index in [0.717, 1.165) is 35.6 Å². The molecule has 0 radical (unpaired) electrons. The molecule has 1 unspecified atom stereocenters. The smallest absolute Gasteiger partial charge is 0.0837 e. The van der Waals surface area contributed by atoms with E-state index >= 15 is 0 Å². The lowest BCUT2D eigenvalue weighted by atomic mass is 10.0. The van der Waals surface area contributed by atoms with Crippen LogP contribution in [-0.4, -0.2) is 21.8 Å². The van der Waals surface area contributed by atoms with Crippen LogP contribution in [0.2, 0.25) is 5.02 Å². The molecule has 1 atom stereocenters. The first-order valence-electron chi connectivity index (χ1n) is 6.90. The molecule has 0 aliphatic rings. The van der Waals surface area contributed by atoms with Crippen molar-refractivity contribution in [2.75, 3.05) is 7.05 Å². The lowest BCUT2D eigenvalue weighted by Crippen LogP contribution is -2.22. The van der Waals surface area contributed by atoms with Crippen molar-refractivity contribution in [3.63, 3.8) is 0 Å². The molecule has 0 spiro atoms. The Bertz CT molecular complexity index is 571. The number of aromatic nitrogens is 3. The molecule has 0 saturated carbocycles. The molecule has 0 saturated heterocycles. The minimum Gasteiger partial charge on any atom is -0.308 e. The lowest BCUT2D eigenvalue weighted by Gasteiger charge is -2.20. The maximum absolute atomic E-state index is 6.34. The van der Waals surface area contributed by atoms with Gasteiger partial charge in [-0.05, 0) is 45.0 Å². The van der Waals surface area contributed by atoms with E-state index in [-0.39, 0.29) is 6.04 Å². The third-order valence-electron chi connectivity index (χ3n) is 3.27. The average molecular weight is 293 g/mol. The molecule has 4 nitrogen and oxygen atoms in total. The Morgan fingerprint density at radius 3 is 2.50 bits per heavy atom. The van der Waals surface area contributed by atoms with E-state index in [1.165, 1.54) is 0 Å². The van der Waals surface area contributed by atoms with Crippen molar-refractivity contribution >= 4 is 11.6 Å². The quantitative estimate of drug-likeness (QED) is 0.920. The van der Waals surface area contributed by atoms with Gasteiger partial charge in [-0.15, -0.1) is 0 Å². The van der Waals surface area contributed by atoms with Crippen molar-refractivity contribution in [1.82, 2.24) is 20.1 Å². The second kappa shape index (κ2) is 6.37. The van der Waals surface area contributed by atoms with Crippen molar-refractivity contribution in [2.24, 2.45) is 0 Å². The highest BCUT2D eigenvalue weighted by Crippen LogP contribution is 2.28. The molecule has 2 aromatic rings. The molecule has 2 aromatic heterocycles. The van der Waals surface area contributed by atoms with Crippen molar-refractivity contribution < 1.29 is 0 Å². The highest BCUT2D eigenvalue weighted by Gasteiger charge is 2.21. The summed E-state index contributed by atoms with van der Waals surface area (Å²) in [6.45, 7) is 7.01. The summed E-state index contributed by atoms with van der Waals surface area (Å²) in [7, 11) is 1.94. The van der Waals surface area contributed by atoms with Gasteiger partial charge in [-0.3, -0.25) is 9.67 Å². The summed E-state index contributed by atoms with van der Waals surface area (Å²) in [4.78, 5) is 4.43. The third kappa shape index (κ3) is 3.02. The van der Waals surface area contributed by atoms with E-state index in [1.54, 1.807) is 6.20 Å². The highest BCUT2D eigenvalue weighted by molar-refractivity contribution is 6.31. The molecule has 0 amide bonds. The first-order chi connectivity index (χ1) is 9.56. The van der Waals surface area contributed by atoms with Crippen LogP contribution in [0.25, 0.3) is 0 Å². The summed E-state index contributed by atoms with van der Waals surface area (Å²) in [6, 6.07) is 4.21. The van der Waals surface area contributed by atoms with Crippen molar-refractivity contribution in [3.8, 4) is 0 Å². The minimum absolute atomic E-state index is 0.0250. The van der Waals surface area contributed by atoms with Crippen LogP contribution in [0.5, 0.6) is 0 Å². The topological polar surface area (TPSA) is 42.7 Å². The summed E-state index contributed by atoms with van der Waals surface area (Å²) in [5.74, 6) is 0. The van der Waals surface area contributed by atoms with Gasteiger partial charge in [0, 0.05) is 17.9 Å². The predicted molar refractivity (Wildman–Crippen MR) is 82.1 cm³/mol. The van der Waals surface area contributed by atoms with Crippen LogP contribution in [0, 0.1) is 13.8 Å². The summed E-state index contributed by atoms with van der Waals surface area (Å²) >= 11 is 6.34. The number of halogens is 1. The molecule has 2 rings (SSSR count). The number of hydrogen-bond acceptors (Lipinski definition) is 3. The Hall–Kier alpha value is -1.39. The van der Waals surface area contributed by atoms with E-state index in [9.17, 15) is 0 Å². The number of aryl methyl sites for hydroxylation is 3. The molecule has 108 valence electrons. The van der Waals surface area contributed by atoms with E-state index in [4.69, 9.17) is 11.6 Å². The fraction of sp³-hybridized carbons (Fsp3) is 0.467. The standard InChI is InChI=1S/C15H21ClN4/c1-5-6-20-15(13(16)9-18-20)14(17-4)12-7-10(2)19-11(3)8-12/h7-9,14,17H,5-6H2,1-4H3. The summed E-state index contributed by atoms with van der Waals surface area (Å²) in [6.07, 6.45) is 2.74. The second-order valence-electron chi connectivity index (χ2n) is 5.01. The lowest BCUT2D eigenvalue weighted by molar-refractivity contribution is 0.534. The molecule has 5 heteroatoms. The predicted octanol–water partition coefficient (Wildman–Crippen LogP) is 3.27. The Kier molecular flexibility index (Phi) is 4.78. The Morgan fingerprint density at radius 1 is 1.30 bits per heavy atom. The molecular weight excluding hydrogens is 272 g/mol. The summed E-state index contributed by atoms with van der Waals surface area (Å²) in [5, 5.41) is 8.41. The molecular formula is C15H21ClN4. The van der Waals surface area contributed by atoms with Gasteiger partial charge in [-0.25, -0.2) is 0 Å². The number of hydrogen-bond donors (Lipinski definition) is 1. The minimum atomic E-state index is 0.0250. The van der Waals surface area contributed by atoms with Crippen LogP contribution in [0.1, 0.15) is 42.0 Å². The normalized spacial score (nSPS) is 12.7. The van der Waals surface area contributed by atoms with E-state index in [1.807, 2.05) is 25.6 Å². The van der Waals surface area contributed by atoms with Gasteiger partial charge in [0.05, 0.1) is 23.0 Å². The maximum atomic E-state index is 6.34. The number of nitrogens with zero attached hydrogens (tertiary/aromatic N) is 3. The van der Waals surface area contributed by atoms with Crippen LogP contribution in [0.3, 0.4) is 0 Å². The Balaban J connectivity index is 2.49. The molecule has 0 aromatic carbocycles. The summed E-state index contributed by atoms with van der Waals surface area (Å²) in [5.41, 5.74) is 4.20. The van der Waals surface area contributed by atoms with Gasteiger partial charge in [0.25, 0.3) is 0 Å². The monoisotopic (exact) mass is 292 g/mol. The van der Waals surface area contributed by atoms with Crippen LogP contribution in [-0.2, 0) is 6.54 Å². The van der Waals surface area contributed by atoms with E-state index < -0.39 is 0 Å². The fourth-order valence-corrected chi connectivity index (χ4v) is 2.79. The Labute approximate surface area is 125 Å². The SMILES string of the molecule is CCCn1ncc(Cl)c1C(NC)c1cc(C)nc(C)c1. The fourth-order valence-electron chi connectivity index (χ4n) is 2.54. The van der Waals surface area contributed by atoms with Gasteiger partial charge in [-0.2, -0.15) is 5.10 Å². The van der Waals surface area contributed by atoms with Gasteiger partial charge >= 0.3 is 0 Å². The van der Waals surface area contributed by atoms with E-state index in [0.29, 0.717) is 5.02 Å². The van der Waals surface area contributed by atoms with Crippen molar-refractivity contribution in [1.29, 1.82) is 0 Å². The Morgan fingerprint density at radius 2 is 1.95 bits per heavy atom. The molecule has 2 heterocycles. The molecule has 0 bridgehead atoms. The van der Waals surface area contributed by atoms with Crippen LogP contribution in [0.15, 0.2) is 18.3 Å². The number of nitrogens with one attached hydrogen (secondary N) is 1. The maximum Gasteiger partial charge on any atom is 0.0837 e. The highest BCUT2D eigenvalue weighted by atomic mass is 35.5. The molecule has 20 heavy (non-hydrogen) atoms. The first-order valence-corrected chi connectivity index (χ1v) is 7.28. The molecule has 0 aliphatic heterocycles. The van der Waals surface area contributed by atoms with Crippen molar-refractivity contribution in [3.05, 3.63) is 46.0 Å². The number of pyridine rings is 1. The van der Waals surface area contributed by atoms with Crippen LogP contribution >= 0.6 is 11.6 Å². The van der Waals surface area contributed by atoms with Gasteiger partial charge in [0.15, 0.2) is 0 Å².